The second kappa shape index (κ2) is 5.37. The molecule has 0 aliphatic heterocycles. The molecule has 0 unspecified atom stereocenters. The number of nitrogens with zero attached hydrogens (tertiary/aromatic N) is 3. The quantitative estimate of drug-likeness (QED) is 0.562. The van der Waals surface area contributed by atoms with Crippen molar-refractivity contribution in [3.05, 3.63) is 52.9 Å². The van der Waals surface area contributed by atoms with Crippen LogP contribution in [-0.2, 0) is 12.4 Å². The Labute approximate surface area is 135 Å². The molecule has 0 bridgehead atoms. The van der Waals surface area contributed by atoms with Crippen LogP contribution in [0.25, 0.3) is 16.8 Å². The monoisotopic (exact) mass is 365 g/mol. The van der Waals surface area contributed by atoms with Gasteiger partial charge in [-0.2, -0.15) is 31.4 Å². The summed E-state index contributed by atoms with van der Waals surface area (Å²) in [6.45, 7) is 0. The summed E-state index contributed by atoms with van der Waals surface area (Å²) in [5, 5.41) is 3.91. The van der Waals surface area contributed by atoms with Crippen molar-refractivity contribution in [2.75, 3.05) is 0 Å². The van der Waals surface area contributed by atoms with Crippen LogP contribution in [0.1, 0.15) is 11.4 Å². The van der Waals surface area contributed by atoms with Gasteiger partial charge in [-0.15, -0.1) is 0 Å². The highest BCUT2D eigenvalue weighted by Gasteiger charge is 2.40. The summed E-state index contributed by atoms with van der Waals surface area (Å²) < 4.78 is 78.3. The SMILES string of the molecule is FC(F)(F)c1cc(C(F)(F)F)n2ncc(-c3ccc(Cl)cc3)c2n1. The van der Waals surface area contributed by atoms with E-state index < -0.39 is 29.4 Å². The van der Waals surface area contributed by atoms with Crippen molar-refractivity contribution < 1.29 is 26.3 Å². The summed E-state index contributed by atoms with van der Waals surface area (Å²) in [5.74, 6) is 0. The van der Waals surface area contributed by atoms with Gasteiger partial charge >= 0.3 is 12.4 Å². The molecule has 126 valence electrons. The van der Waals surface area contributed by atoms with Gasteiger partial charge in [-0.05, 0) is 23.8 Å². The van der Waals surface area contributed by atoms with Crippen molar-refractivity contribution in [1.82, 2.24) is 14.6 Å². The third-order valence-corrected chi connectivity index (χ3v) is 3.46. The molecule has 3 aromatic rings. The summed E-state index contributed by atoms with van der Waals surface area (Å²) in [7, 11) is 0. The van der Waals surface area contributed by atoms with Crippen LogP contribution in [0.3, 0.4) is 0 Å². The van der Waals surface area contributed by atoms with Gasteiger partial charge in [-0.3, -0.25) is 0 Å². The maximum atomic E-state index is 13.1. The minimum atomic E-state index is -5.02. The van der Waals surface area contributed by atoms with Gasteiger partial charge in [0, 0.05) is 10.6 Å². The molecule has 0 aliphatic carbocycles. The van der Waals surface area contributed by atoms with Crippen LogP contribution in [0.5, 0.6) is 0 Å². The van der Waals surface area contributed by atoms with Crippen LogP contribution < -0.4 is 0 Å². The van der Waals surface area contributed by atoms with Gasteiger partial charge in [0.1, 0.15) is 5.69 Å². The molecule has 3 rings (SSSR count). The van der Waals surface area contributed by atoms with Crippen molar-refractivity contribution in [2.24, 2.45) is 0 Å². The fourth-order valence-electron chi connectivity index (χ4n) is 2.14. The first-order chi connectivity index (χ1) is 11.1. The Kier molecular flexibility index (Phi) is 3.71. The van der Waals surface area contributed by atoms with E-state index in [-0.39, 0.29) is 11.6 Å². The Bertz CT molecular complexity index is 896. The molecule has 0 saturated heterocycles. The van der Waals surface area contributed by atoms with E-state index >= 15 is 0 Å². The van der Waals surface area contributed by atoms with E-state index in [0.717, 1.165) is 6.20 Å². The first-order valence-corrected chi connectivity index (χ1v) is 6.74. The van der Waals surface area contributed by atoms with Crippen molar-refractivity contribution in [3.63, 3.8) is 0 Å². The van der Waals surface area contributed by atoms with E-state index in [1.165, 1.54) is 24.3 Å². The molecule has 3 nitrogen and oxygen atoms in total. The minimum absolute atomic E-state index is 0.0308. The predicted molar refractivity (Wildman–Crippen MR) is 73.4 cm³/mol. The first kappa shape index (κ1) is 16.6. The third kappa shape index (κ3) is 2.91. The number of alkyl halides is 6. The molecule has 0 N–H and O–H groups in total. The van der Waals surface area contributed by atoms with Crippen LogP contribution in [0, 0.1) is 0 Å². The second-order valence-electron chi connectivity index (χ2n) is 4.82. The van der Waals surface area contributed by atoms with Crippen molar-refractivity contribution >= 4 is 17.2 Å². The summed E-state index contributed by atoms with van der Waals surface area (Å²) >= 11 is 5.73. The molecule has 1 aromatic carbocycles. The van der Waals surface area contributed by atoms with Gasteiger partial charge in [-0.25, -0.2) is 9.50 Å². The van der Waals surface area contributed by atoms with Crippen LogP contribution in [0.2, 0.25) is 5.02 Å². The highest BCUT2D eigenvalue weighted by atomic mass is 35.5. The number of rotatable bonds is 1. The summed E-state index contributed by atoms with van der Waals surface area (Å²) in [6.07, 6.45) is -9.02. The minimum Gasteiger partial charge on any atom is -0.223 e. The zero-order valence-electron chi connectivity index (χ0n) is 11.5. The van der Waals surface area contributed by atoms with E-state index in [2.05, 4.69) is 10.1 Å². The molecule has 10 heteroatoms. The van der Waals surface area contributed by atoms with Crippen molar-refractivity contribution in [1.29, 1.82) is 0 Å². The largest absolute Gasteiger partial charge is 0.433 e. The Hall–Kier alpha value is -2.29. The van der Waals surface area contributed by atoms with Crippen LogP contribution in [-0.4, -0.2) is 14.6 Å². The Morgan fingerprint density at radius 1 is 0.917 bits per heavy atom. The van der Waals surface area contributed by atoms with E-state index in [1.54, 1.807) is 0 Å². The molecule has 0 saturated carbocycles. The fraction of sp³-hybridized carbons (Fsp3) is 0.143. The van der Waals surface area contributed by atoms with Gasteiger partial charge in [0.25, 0.3) is 0 Å². The molecular weight excluding hydrogens is 360 g/mol. The van der Waals surface area contributed by atoms with Gasteiger partial charge < -0.3 is 0 Å². The van der Waals surface area contributed by atoms with Gasteiger partial charge in [0.05, 0.1) is 6.20 Å². The first-order valence-electron chi connectivity index (χ1n) is 6.36. The maximum Gasteiger partial charge on any atom is 0.433 e. The lowest BCUT2D eigenvalue weighted by atomic mass is 10.1. The number of hydrogen-bond acceptors (Lipinski definition) is 2. The average Bonchev–Trinajstić information content (AvgIpc) is 2.89. The second-order valence-corrected chi connectivity index (χ2v) is 5.26. The lowest BCUT2D eigenvalue weighted by Crippen LogP contribution is -2.18. The molecule has 0 aliphatic rings. The fourth-order valence-corrected chi connectivity index (χ4v) is 2.27. The molecule has 0 amide bonds. The van der Waals surface area contributed by atoms with E-state index in [4.69, 9.17) is 11.6 Å². The number of hydrogen-bond donors (Lipinski definition) is 0. The molecule has 24 heavy (non-hydrogen) atoms. The van der Waals surface area contributed by atoms with E-state index in [9.17, 15) is 26.3 Å². The van der Waals surface area contributed by atoms with Crippen molar-refractivity contribution in [3.8, 4) is 11.1 Å². The molecular formula is C14H6ClF6N3. The standard InChI is InChI=1S/C14H6ClF6N3/c15-8-3-1-7(2-4-8)9-6-22-24-11(14(19,20)21)5-10(13(16,17)18)23-12(9)24/h1-6H. The molecule has 2 aromatic heterocycles. The zero-order valence-corrected chi connectivity index (χ0v) is 12.2. The summed E-state index contributed by atoms with van der Waals surface area (Å²) in [5.41, 5.74) is -3.37. The van der Waals surface area contributed by atoms with Crippen LogP contribution >= 0.6 is 11.6 Å². The lowest BCUT2D eigenvalue weighted by molar-refractivity contribution is -0.148. The number of fused-ring (bicyclic) bond motifs is 1. The zero-order chi connectivity index (χ0) is 17.7. The smallest absolute Gasteiger partial charge is 0.223 e. The van der Waals surface area contributed by atoms with E-state index in [1.807, 2.05) is 0 Å². The maximum absolute atomic E-state index is 13.1. The molecule has 0 fully saturated rings. The van der Waals surface area contributed by atoms with Gasteiger partial charge in [0.15, 0.2) is 11.3 Å². The normalized spacial score (nSPS) is 12.8. The molecule has 0 radical (unpaired) electrons. The number of halogens is 7. The van der Waals surface area contributed by atoms with Gasteiger partial charge in [0.2, 0.25) is 0 Å². The summed E-state index contributed by atoms with van der Waals surface area (Å²) in [4.78, 5) is 3.32. The molecule has 0 atom stereocenters. The van der Waals surface area contributed by atoms with E-state index in [0.29, 0.717) is 15.1 Å². The van der Waals surface area contributed by atoms with Crippen LogP contribution in [0.4, 0.5) is 26.3 Å². The van der Waals surface area contributed by atoms with Crippen LogP contribution in [0.15, 0.2) is 36.5 Å². The van der Waals surface area contributed by atoms with Crippen molar-refractivity contribution in [2.45, 2.75) is 12.4 Å². The Balaban J connectivity index is 2.33. The number of aromatic nitrogens is 3. The highest BCUT2D eigenvalue weighted by molar-refractivity contribution is 6.30. The Morgan fingerprint density at radius 3 is 2.08 bits per heavy atom. The average molecular weight is 366 g/mol. The third-order valence-electron chi connectivity index (χ3n) is 3.21. The predicted octanol–water partition coefficient (Wildman–Crippen LogP) is 5.09. The number of benzene rings is 1. The molecule has 0 spiro atoms. The lowest BCUT2D eigenvalue weighted by Gasteiger charge is -2.13. The topological polar surface area (TPSA) is 30.2 Å². The summed E-state index contributed by atoms with van der Waals surface area (Å²) in [6, 6.07) is 5.76. The highest BCUT2D eigenvalue weighted by Crippen LogP contribution is 2.36. The molecule has 2 heterocycles. The Morgan fingerprint density at radius 2 is 1.54 bits per heavy atom. The van der Waals surface area contributed by atoms with Gasteiger partial charge in [-0.1, -0.05) is 23.7 Å².